The molecule has 0 rings (SSSR count). The van der Waals surface area contributed by atoms with Gasteiger partial charge in [-0.2, -0.15) is 21.0 Å². The summed E-state index contributed by atoms with van der Waals surface area (Å²) in [5.74, 6) is 0. The van der Waals surface area contributed by atoms with E-state index in [1.54, 1.807) is 0 Å². The molecule has 0 aliphatic carbocycles. The predicted molar refractivity (Wildman–Crippen MR) is 62.7 cm³/mol. The SMILES string of the molecule is N#CCC[P+](CC#N)(CCC#N)CCC#N.[Cl-]. The van der Waals surface area contributed by atoms with E-state index >= 15 is 0 Å². The van der Waals surface area contributed by atoms with Crippen LogP contribution in [-0.4, -0.2) is 24.6 Å². The molecule has 0 spiro atoms. The van der Waals surface area contributed by atoms with E-state index < -0.39 is 7.26 Å². The summed E-state index contributed by atoms with van der Waals surface area (Å²) in [6.45, 7) is 0. The summed E-state index contributed by atoms with van der Waals surface area (Å²) in [5.41, 5.74) is 0. The first-order valence-corrected chi connectivity index (χ1v) is 7.60. The van der Waals surface area contributed by atoms with Crippen LogP contribution in [0.1, 0.15) is 19.3 Å². The molecule has 0 aromatic heterocycles. The number of halogens is 1. The molecule has 0 aliphatic heterocycles. The molecular formula is C11H14ClN4P. The predicted octanol–water partition coefficient (Wildman–Crippen LogP) is -0.727. The Kier molecular flexibility index (Phi) is 11.9. The molecule has 0 aromatic rings. The van der Waals surface area contributed by atoms with Gasteiger partial charge in [0.2, 0.25) is 0 Å². The fourth-order valence-electron chi connectivity index (χ4n) is 1.58. The van der Waals surface area contributed by atoms with Crippen LogP contribution in [0.5, 0.6) is 0 Å². The Hall–Kier alpha value is -1.32. The van der Waals surface area contributed by atoms with Crippen molar-refractivity contribution >= 4 is 7.26 Å². The van der Waals surface area contributed by atoms with Crippen LogP contribution in [0.4, 0.5) is 0 Å². The molecule has 17 heavy (non-hydrogen) atoms. The molecule has 0 aliphatic rings. The van der Waals surface area contributed by atoms with Crippen LogP contribution < -0.4 is 12.4 Å². The number of nitrogens with zero attached hydrogens (tertiary/aromatic N) is 4. The lowest BCUT2D eigenvalue weighted by atomic mass is 10.5. The van der Waals surface area contributed by atoms with E-state index in [2.05, 4.69) is 24.3 Å². The van der Waals surface area contributed by atoms with Gasteiger partial charge in [0.15, 0.2) is 0 Å². The zero-order valence-corrected chi connectivity index (χ0v) is 11.2. The minimum absolute atomic E-state index is 0. The summed E-state index contributed by atoms with van der Waals surface area (Å²) >= 11 is 0. The van der Waals surface area contributed by atoms with Crippen molar-refractivity contribution in [3.05, 3.63) is 0 Å². The van der Waals surface area contributed by atoms with Gasteiger partial charge in [-0.05, 0) is 0 Å². The zero-order chi connectivity index (χ0) is 12.3. The average molecular weight is 269 g/mol. The van der Waals surface area contributed by atoms with E-state index in [1.807, 2.05) is 0 Å². The van der Waals surface area contributed by atoms with Crippen molar-refractivity contribution in [3.63, 3.8) is 0 Å². The minimum atomic E-state index is -1.57. The number of hydrogen-bond acceptors (Lipinski definition) is 4. The second kappa shape index (κ2) is 11.2. The lowest BCUT2D eigenvalue weighted by Crippen LogP contribution is -3.00. The van der Waals surface area contributed by atoms with E-state index in [1.165, 1.54) is 0 Å². The van der Waals surface area contributed by atoms with Crippen LogP contribution in [0, 0.1) is 45.3 Å². The monoisotopic (exact) mass is 268 g/mol. The molecule has 0 saturated heterocycles. The molecular weight excluding hydrogens is 255 g/mol. The highest BCUT2D eigenvalue weighted by Crippen LogP contribution is 2.59. The van der Waals surface area contributed by atoms with Crippen molar-refractivity contribution in [2.24, 2.45) is 0 Å². The van der Waals surface area contributed by atoms with Crippen LogP contribution >= 0.6 is 7.26 Å². The third kappa shape index (κ3) is 7.55. The fraction of sp³-hybridized carbons (Fsp3) is 0.636. The van der Waals surface area contributed by atoms with E-state index in [0.29, 0.717) is 43.9 Å². The maximum atomic E-state index is 8.83. The molecule has 0 fully saturated rings. The maximum Gasteiger partial charge on any atom is 0.145 e. The average Bonchev–Trinajstić information content (AvgIpc) is 2.31. The zero-order valence-electron chi connectivity index (χ0n) is 9.56. The van der Waals surface area contributed by atoms with Gasteiger partial charge in [0.1, 0.15) is 12.2 Å². The second-order valence-electron chi connectivity index (χ2n) is 3.55. The van der Waals surface area contributed by atoms with Crippen LogP contribution in [0.15, 0.2) is 0 Å². The minimum Gasteiger partial charge on any atom is -1.00 e. The molecule has 90 valence electrons. The summed E-state index contributed by atoms with van der Waals surface area (Å²) in [4.78, 5) is 0. The van der Waals surface area contributed by atoms with Crippen molar-refractivity contribution in [3.8, 4) is 24.3 Å². The Morgan fingerprint density at radius 3 is 1.24 bits per heavy atom. The number of hydrogen-bond donors (Lipinski definition) is 0. The normalized spacial score (nSPS) is 8.94. The number of rotatable bonds is 7. The van der Waals surface area contributed by atoms with Crippen molar-refractivity contribution < 1.29 is 12.4 Å². The third-order valence-electron chi connectivity index (χ3n) is 2.50. The second-order valence-corrected chi connectivity index (χ2v) is 7.89. The van der Waals surface area contributed by atoms with Crippen LogP contribution in [0.3, 0.4) is 0 Å². The van der Waals surface area contributed by atoms with Crippen LogP contribution in [0.2, 0.25) is 0 Å². The van der Waals surface area contributed by atoms with Gasteiger partial charge in [-0.1, -0.05) is 0 Å². The molecule has 0 bridgehead atoms. The van der Waals surface area contributed by atoms with Crippen molar-refractivity contribution in [1.29, 1.82) is 21.0 Å². The number of nitriles is 4. The summed E-state index contributed by atoms with van der Waals surface area (Å²) in [7, 11) is -1.57. The molecule has 6 heteroatoms. The molecule has 0 atom stereocenters. The smallest absolute Gasteiger partial charge is 0.145 e. The largest absolute Gasteiger partial charge is 1.00 e. The van der Waals surface area contributed by atoms with Gasteiger partial charge in [0.05, 0.1) is 56.0 Å². The molecule has 0 saturated carbocycles. The quantitative estimate of drug-likeness (QED) is 0.569. The Labute approximate surface area is 109 Å². The van der Waals surface area contributed by atoms with E-state index in [9.17, 15) is 0 Å². The summed E-state index contributed by atoms with van der Waals surface area (Å²) < 4.78 is 0. The molecule has 0 heterocycles. The molecule has 4 nitrogen and oxygen atoms in total. The third-order valence-corrected chi connectivity index (χ3v) is 6.83. The maximum absolute atomic E-state index is 8.83. The van der Waals surface area contributed by atoms with Gasteiger partial charge >= 0.3 is 0 Å². The van der Waals surface area contributed by atoms with Crippen molar-refractivity contribution in [2.45, 2.75) is 19.3 Å². The van der Waals surface area contributed by atoms with Gasteiger partial charge in [-0.15, -0.1) is 0 Å². The van der Waals surface area contributed by atoms with Gasteiger partial charge in [-0.25, -0.2) is 0 Å². The lowest BCUT2D eigenvalue weighted by molar-refractivity contribution is -0.00000448. The highest BCUT2D eigenvalue weighted by atomic mass is 35.5. The highest BCUT2D eigenvalue weighted by Gasteiger charge is 2.36. The van der Waals surface area contributed by atoms with Crippen molar-refractivity contribution in [1.82, 2.24) is 0 Å². The molecule has 0 amide bonds. The molecule has 0 N–H and O–H groups in total. The first-order chi connectivity index (χ1) is 7.74. The van der Waals surface area contributed by atoms with Gasteiger partial charge in [0.25, 0.3) is 0 Å². The Morgan fingerprint density at radius 2 is 1.00 bits per heavy atom. The summed E-state index contributed by atoms with van der Waals surface area (Å²) in [6.07, 6.45) is 3.82. The van der Waals surface area contributed by atoms with E-state index in [0.717, 1.165) is 0 Å². The molecule has 0 aromatic carbocycles. The fourth-order valence-corrected chi connectivity index (χ4v) is 4.75. The summed E-state index contributed by atoms with van der Waals surface area (Å²) in [6, 6.07) is 8.42. The van der Waals surface area contributed by atoms with Crippen molar-refractivity contribution in [2.75, 3.05) is 24.6 Å². The molecule has 0 radical (unpaired) electrons. The Morgan fingerprint density at radius 1 is 0.647 bits per heavy atom. The summed E-state index contributed by atoms with van der Waals surface area (Å²) in [5, 5.41) is 34.6. The lowest BCUT2D eigenvalue weighted by Gasteiger charge is -2.22. The van der Waals surface area contributed by atoms with E-state index in [4.69, 9.17) is 21.0 Å². The van der Waals surface area contributed by atoms with Gasteiger partial charge < -0.3 is 12.4 Å². The standard InChI is InChI=1S/C11H14N4P.ClH/c12-4-1-8-16(11-7-15,9-2-5-13)10-3-6-14;/h1-3,8-11H2;1H/q+1;/p-1. The topological polar surface area (TPSA) is 95.2 Å². The Bertz CT molecular complexity index is 323. The molecule has 0 unspecified atom stereocenters. The highest BCUT2D eigenvalue weighted by molar-refractivity contribution is 7.76. The first-order valence-electron chi connectivity index (χ1n) is 5.07. The van der Waals surface area contributed by atoms with E-state index in [-0.39, 0.29) is 12.4 Å². The van der Waals surface area contributed by atoms with Gasteiger partial charge in [0, 0.05) is 7.26 Å². The first kappa shape index (κ1) is 18.1. The van der Waals surface area contributed by atoms with Crippen LogP contribution in [0.25, 0.3) is 0 Å². The van der Waals surface area contributed by atoms with Crippen LogP contribution in [-0.2, 0) is 0 Å². The Balaban J connectivity index is 0. The van der Waals surface area contributed by atoms with Gasteiger partial charge in [-0.3, -0.25) is 0 Å².